The summed E-state index contributed by atoms with van der Waals surface area (Å²) in [6.45, 7) is 3.44. The van der Waals surface area contributed by atoms with Gasteiger partial charge in [-0.25, -0.2) is 0 Å². The van der Waals surface area contributed by atoms with Gasteiger partial charge in [-0.1, -0.05) is 6.07 Å². The van der Waals surface area contributed by atoms with E-state index in [-0.39, 0.29) is 36.5 Å². The molecule has 0 unspecified atom stereocenters. The molecule has 3 heterocycles. The number of halogens is 2. The third kappa shape index (κ3) is 4.30. The molecule has 0 aliphatic carbocycles. The Labute approximate surface area is 132 Å². The summed E-state index contributed by atoms with van der Waals surface area (Å²) in [5.41, 5.74) is 1.16. The Kier molecular flexibility index (Phi) is 7.20. The number of aromatic nitrogens is 1. The van der Waals surface area contributed by atoms with Gasteiger partial charge in [0, 0.05) is 25.4 Å². The largest absolute Gasteiger partial charge is 0.371 e. The van der Waals surface area contributed by atoms with Crippen molar-refractivity contribution in [1.29, 1.82) is 0 Å². The quantitative estimate of drug-likeness (QED) is 0.928. The highest BCUT2D eigenvalue weighted by Gasteiger charge is 2.41. The van der Waals surface area contributed by atoms with Gasteiger partial charge in [0.25, 0.3) is 0 Å². The van der Waals surface area contributed by atoms with Gasteiger partial charge in [0.2, 0.25) is 0 Å². The maximum absolute atomic E-state index is 5.98. The molecule has 1 aromatic heterocycles. The molecule has 0 saturated carbocycles. The third-order valence-corrected chi connectivity index (χ3v) is 3.82. The highest BCUT2D eigenvalue weighted by Crippen LogP contribution is 2.33. The number of ether oxygens (including phenoxy) is 2. The number of rotatable bonds is 3. The number of nitrogens with one attached hydrogen (secondary N) is 1. The Morgan fingerprint density at radius 1 is 1.45 bits per heavy atom. The lowest BCUT2D eigenvalue weighted by molar-refractivity contribution is -0.0195. The van der Waals surface area contributed by atoms with E-state index in [1.54, 1.807) is 6.20 Å². The minimum absolute atomic E-state index is 0. The van der Waals surface area contributed by atoms with Crippen LogP contribution >= 0.6 is 24.8 Å². The SMILES string of the molecule is Cl.Cl.c1cncc(CO[C@@H]2CO[C@]3(CCCNC3)C2)c1. The van der Waals surface area contributed by atoms with Crippen molar-refractivity contribution < 1.29 is 9.47 Å². The molecule has 4 nitrogen and oxygen atoms in total. The highest BCUT2D eigenvalue weighted by molar-refractivity contribution is 5.85. The van der Waals surface area contributed by atoms with Gasteiger partial charge in [-0.15, -0.1) is 24.8 Å². The van der Waals surface area contributed by atoms with Gasteiger partial charge in [-0.2, -0.15) is 0 Å². The number of pyridine rings is 1. The van der Waals surface area contributed by atoms with Gasteiger partial charge in [0.05, 0.1) is 24.9 Å². The molecule has 0 aromatic carbocycles. The van der Waals surface area contributed by atoms with Crippen LogP contribution in [0.2, 0.25) is 0 Å². The smallest absolute Gasteiger partial charge is 0.0841 e. The van der Waals surface area contributed by atoms with Crippen LogP contribution in [0.25, 0.3) is 0 Å². The van der Waals surface area contributed by atoms with Crippen molar-refractivity contribution in [1.82, 2.24) is 10.3 Å². The molecule has 0 radical (unpaired) electrons. The average Bonchev–Trinajstić information content (AvgIpc) is 2.82. The zero-order valence-corrected chi connectivity index (χ0v) is 13.0. The standard InChI is InChI=1S/C14H20N2O2.2ClH/c1-3-12(8-15-5-1)9-17-13-7-14(18-10-13)4-2-6-16-11-14;;/h1,3,5,8,13,16H,2,4,6-7,9-11H2;2*1H/t13-,14+;;/m0../s1. The van der Waals surface area contributed by atoms with Crippen molar-refractivity contribution in [3.05, 3.63) is 30.1 Å². The third-order valence-electron chi connectivity index (χ3n) is 3.82. The Morgan fingerprint density at radius 3 is 3.05 bits per heavy atom. The summed E-state index contributed by atoms with van der Waals surface area (Å²) in [7, 11) is 0. The van der Waals surface area contributed by atoms with Crippen LogP contribution in [0.4, 0.5) is 0 Å². The molecule has 2 atom stereocenters. The van der Waals surface area contributed by atoms with Crippen LogP contribution in [-0.2, 0) is 16.1 Å². The summed E-state index contributed by atoms with van der Waals surface area (Å²) in [4.78, 5) is 4.09. The van der Waals surface area contributed by atoms with Crippen LogP contribution in [0.5, 0.6) is 0 Å². The van der Waals surface area contributed by atoms with E-state index < -0.39 is 0 Å². The van der Waals surface area contributed by atoms with Crippen LogP contribution in [0.1, 0.15) is 24.8 Å². The molecule has 20 heavy (non-hydrogen) atoms. The minimum Gasteiger partial charge on any atom is -0.371 e. The maximum atomic E-state index is 5.98. The normalized spacial score (nSPS) is 28.7. The number of nitrogens with zero attached hydrogens (tertiary/aromatic N) is 1. The lowest BCUT2D eigenvalue weighted by Crippen LogP contribution is -2.45. The average molecular weight is 321 g/mol. The first-order chi connectivity index (χ1) is 8.86. The Morgan fingerprint density at radius 2 is 2.35 bits per heavy atom. The summed E-state index contributed by atoms with van der Waals surface area (Å²) < 4.78 is 11.9. The molecule has 114 valence electrons. The van der Waals surface area contributed by atoms with Gasteiger partial charge in [0.15, 0.2) is 0 Å². The summed E-state index contributed by atoms with van der Waals surface area (Å²) in [5, 5.41) is 3.42. The molecule has 2 saturated heterocycles. The van der Waals surface area contributed by atoms with E-state index in [0.717, 1.165) is 38.1 Å². The summed E-state index contributed by atoms with van der Waals surface area (Å²) >= 11 is 0. The van der Waals surface area contributed by atoms with Crippen molar-refractivity contribution in [3.8, 4) is 0 Å². The van der Waals surface area contributed by atoms with E-state index in [0.29, 0.717) is 6.61 Å². The molecule has 2 fully saturated rings. The molecule has 1 spiro atoms. The first-order valence-electron chi connectivity index (χ1n) is 6.72. The molecular weight excluding hydrogens is 299 g/mol. The van der Waals surface area contributed by atoms with Crippen molar-refractivity contribution in [2.24, 2.45) is 0 Å². The van der Waals surface area contributed by atoms with E-state index in [1.807, 2.05) is 18.3 Å². The van der Waals surface area contributed by atoms with Gasteiger partial charge in [0.1, 0.15) is 0 Å². The van der Waals surface area contributed by atoms with Crippen molar-refractivity contribution in [2.45, 2.75) is 37.6 Å². The van der Waals surface area contributed by atoms with E-state index in [2.05, 4.69) is 10.3 Å². The predicted molar refractivity (Wildman–Crippen MR) is 82.7 cm³/mol. The molecule has 3 rings (SSSR count). The van der Waals surface area contributed by atoms with Crippen molar-refractivity contribution in [3.63, 3.8) is 0 Å². The Hall–Kier alpha value is -0.390. The van der Waals surface area contributed by atoms with Crippen LogP contribution in [0, 0.1) is 0 Å². The monoisotopic (exact) mass is 320 g/mol. The molecule has 2 aliphatic rings. The lowest BCUT2D eigenvalue weighted by Gasteiger charge is -2.32. The van der Waals surface area contributed by atoms with Crippen LogP contribution < -0.4 is 5.32 Å². The lowest BCUT2D eigenvalue weighted by atomic mass is 9.90. The first-order valence-corrected chi connectivity index (χ1v) is 6.72. The van der Waals surface area contributed by atoms with Crippen molar-refractivity contribution in [2.75, 3.05) is 19.7 Å². The van der Waals surface area contributed by atoms with E-state index in [1.165, 1.54) is 6.42 Å². The number of piperidine rings is 1. The number of hydrogen-bond acceptors (Lipinski definition) is 4. The second-order valence-corrected chi connectivity index (χ2v) is 5.27. The van der Waals surface area contributed by atoms with Gasteiger partial charge >= 0.3 is 0 Å². The summed E-state index contributed by atoms with van der Waals surface area (Å²) in [5.74, 6) is 0. The molecule has 2 aliphatic heterocycles. The second kappa shape index (κ2) is 8.15. The molecule has 1 aromatic rings. The fraction of sp³-hybridized carbons (Fsp3) is 0.643. The molecule has 1 N–H and O–H groups in total. The Balaban J connectivity index is 0.000001000. The molecule has 0 bridgehead atoms. The number of hydrogen-bond donors (Lipinski definition) is 1. The predicted octanol–water partition coefficient (Wildman–Crippen LogP) is 2.35. The maximum Gasteiger partial charge on any atom is 0.0841 e. The molecule has 0 amide bonds. The van der Waals surface area contributed by atoms with Crippen LogP contribution in [-0.4, -0.2) is 36.4 Å². The van der Waals surface area contributed by atoms with E-state index in [9.17, 15) is 0 Å². The topological polar surface area (TPSA) is 43.4 Å². The molecule has 6 heteroatoms. The summed E-state index contributed by atoms with van der Waals surface area (Å²) in [6.07, 6.45) is 7.24. The highest BCUT2D eigenvalue weighted by atomic mass is 35.5. The zero-order valence-electron chi connectivity index (χ0n) is 11.4. The van der Waals surface area contributed by atoms with Crippen LogP contribution in [0.3, 0.4) is 0 Å². The van der Waals surface area contributed by atoms with Gasteiger partial charge < -0.3 is 14.8 Å². The fourth-order valence-corrected chi connectivity index (χ4v) is 2.84. The Bertz CT molecular complexity index is 386. The fourth-order valence-electron chi connectivity index (χ4n) is 2.84. The van der Waals surface area contributed by atoms with Gasteiger partial charge in [-0.05, 0) is 31.0 Å². The van der Waals surface area contributed by atoms with E-state index in [4.69, 9.17) is 9.47 Å². The van der Waals surface area contributed by atoms with E-state index >= 15 is 0 Å². The zero-order chi connectivity index (χ0) is 12.3. The van der Waals surface area contributed by atoms with Crippen molar-refractivity contribution >= 4 is 24.8 Å². The van der Waals surface area contributed by atoms with Crippen LogP contribution in [0.15, 0.2) is 24.5 Å². The summed E-state index contributed by atoms with van der Waals surface area (Å²) in [6, 6.07) is 3.98. The second-order valence-electron chi connectivity index (χ2n) is 5.27. The molecular formula is C14H22Cl2N2O2. The first kappa shape index (κ1) is 17.7. The van der Waals surface area contributed by atoms with Gasteiger partial charge in [-0.3, -0.25) is 4.98 Å². The minimum atomic E-state index is 0.